The van der Waals surface area contributed by atoms with E-state index in [1.165, 1.54) is 24.0 Å². The van der Waals surface area contributed by atoms with Crippen LogP contribution in [-0.2, 0) is 11.2 Å². The molecule has 1 fully saturated rings. The van der Waals surface area contributed by atoms with Gasteiger partial charge in [0.1, 0.15) is 0 Å². The van der Waals surface area contributed by atoms with Crippen LogP contribution in [0.25, 0.3) is 0 Å². The lowest BCUT2D eigenvalue weighted by Crippen LogP contribution is -2.15. The molecule has 0 amide bonds. The van der Waals surface area contributed by atoms with Crippen molar-refractivity contribution in [3.05, 3.63) is 23.3 Å². The van der Waals surface area contributed by atoms with Crippen molar-refractivity contribution in [2.45, 2.75) is 38.5 Å². The summed E-state index contributed by atoms with van der Waals surface area (Å²) in [7, 11) is 0. The minimum Gasteiger partial charge on any atom is -0.482 e. The number of ketones is 1. The Kier molecular flexibility index (Phi) is 2.98. The van der Waals surface area contributed by atoms with Gasteiger partial charge in [-0.25, -0.2) is 0 Å². The Morgan fingerprint density at radius 2 is 2.00 bits per heavy atom. The van der Waals surface area contributed by atoms with E-state index in [1.54, 1.807) is 0 Å². The molecule has 0 unspecified atom stereocenters. The number of Topliss-reactive ketones (excluding diaryl/α,β-unsaturated/α-hetero) is 1. The molecule has 1 aliphatic carbocycles. The Bertz CT molecular complexity index is 475. The zero-order valence-corrected chi connectivity index (χ0v) is 10.7. The molecule has 1 aromatic carbocycles. The molecule has 0 aromatic heterocycles. The second-order valence-corrected chi connectivity index (χ2v) is 5.15. The van der Waals surface area contributed by atoms with Crippen molar-refractivity contribution in [3.63, 3.8) is 0 Å². The summed E-state index contributed by atoms with van der Waals surface area (Å²) in [6, 6.07) is 4.30. The molecule has 0 atom stereocenters. The number of hydrogen-bond acceptors (Lipinski definition) is 3. The molecule has 0 N–H and O–H groups in total. The summed E-state index contributed by atoms with van der Waals surface area (Å²) in [5, 5.41) is 0. The van der Waals surface area contributed by atoms with E-state index in [2.05, 4.69) is 19.1 Å². The average molecular weight is 246 g/mol. The monoisotopic (exact) mass is 246 g/mol. The number of carbonyl (C=O) groups is 1. The fourth-order valence-electron chi connectivity index (χ4n) is 2.41. The summed E-state index contributed by atoms with van der Waals surface area (Å²) in [6.45, 7) is 2.41. The highest BCUT2D eigenvalue weighted by molar-refractivity contribution is 5.82. The van der Waals surface area contributed by atoms with Crippen molar-refractivity contribution in [2.24, 2.45) is 0 Å². The van der Waals surface area contributed by atoms with E-state index in [1.807, 2.05) is 0 Å². The van der Waals surface area contributed by atoms with E-state index in [0.717, 1.165) is 24.3 Å². The Labute approximate surface area is 107 Å². The Balaban J connectivity index is 2.00. The molecule has 1 aromatic rings. The summed E-state index contributed by atoms with van der Waals surface area (Å²) in [4.78, 5) is 11.4. The van der Waals surface area contributed by atoms with Gasteiger partial charge in [-0.2, -0.15) is 0 Å². The van der Waals surface area contributed by atoms with E-state index >= 15 is 0 Å². The molecule has 1 aliphatic heterocycles. The fraction of sp³-hybridized carbons (Fsp3) is 0.533. The van der Waals surface area contributed by atoms with E-state index < -0.39 is 0 Å². The van der Waals surface area contributed by atoms with Crippen LogP contribution in [0, 0.1) is 0 Å². The predicted molar refractivity (Wildman–Crippen MR) is 68.4 cm³/mol. The second-order valence-electron chi connectivity index (χ2n) is 5.15. The highest BCUT2D eigenvalue weighted by atomic mass is 16.5. The van der Waals surface area contributed by atoms with Gasteiger partial charge in [0.2, 0.25) is 5.78 Å². The van der Waals surface area contributed by atoms with Crippen LogP contribution in [0.5, 0.6) is 11.5 Å². The van der Waals surface area contributed by atoms with Crippen molar-refractivity contribution < 1.29 is 14.3 Å². The molecule has 1 saturated carbocycles. The molecule has 0 saturated heterocycles. The quantitative estimate of drug-likeness (QED) is 0.822. The third-order valence-electron chi connectivity index (χ3n) is 3.49. The summed E-state index contributed by atoms with van der Waals surface area (Å²) < 4.78 is 11.2. The van der Waals surface area contributed by atoms with Gasteiger partial charge in [-0.05, 0) is 42.4 Å². The highest BCUT2D eigenvalue weighted by Gasteiger charge is 2.27. The van der Waals surface area contributed by atoms with Crippen LogP contribution in [-0.4, -0.2) is 19.0 Å². The number of aryl methyl sites for hydroxylation is 1. The zero-order valence-electron chi connectivity index (χ0n) is 10.7. The Hall–Kier alpha value is -1.51. The van der Waals surface area contributed by atoms with Crippen LogP contribution in [0.15, 0.2) is 12.1 Å². The van der Waals surface area contributed by atoms with Crippen LogP contribution in [0.1, 0.15) is 43.2 Å². The second kappa shape index (κ2) is 4.63. The van der Waals surface area contributed by atoms with Crippen molar-refractivity contribution in [1.29, 1.82) is 0 Å². The molecule has 96 valence electrons. The maximum absolute atomic E-state index is 11.4. The molecule has 0 bridgehead atoms. The number of rotatable bonds is 3. The van der Waals surface area contributed by atoms with Gasteiger partial charge in [-0.15, -0.1) is 0 Å². The molecule has 3 heteroatoms. The van der Waals surface area contributed by atoms with Crippen LogP contribution < -0.4 is 9.47 Å². The van der Waals surface area contributed by atoms with Crippen molar-refractivity contribution in [2.75, 3.05) is 13.2 Å². The maximum Gasteiger partial charge on any atom is 0.207 e. The first-order valence-electron chi connectivity index (χ1n) is 6.72. The first-order valence-corrected chi connectivity index (χ1v) is 6.72. The lowest BCUT2D eigenvalue weighted by molar-refractivity contribution is -0.122. The van der Waals surface area contributed by atoms with E-state index in [0.29, 0.717) is 5.92 Å². The van der Waals surface area contributed by atoms with Gasteiger partial charge >= 0.3 is 0 Å². The Morgan fingerprint density at radius 1 is 1.22 bits per heavy atom. The third-order valence-corrected chi connectivity index (χ3v) is 3.49. The number of fused-ring (bicyclic) bond motifs is 1. The van der Waals surface area contributed by atoms with Gasteiger partial charge in [0, 0.05) is 0 Å². The fourth-order valence-corrected chi connectivity index (χ4v) is 2.41. The van der Waals surface area contributed by atoms with E-state index in [9.17, 15) is 4.79 Å². The normalized spacial score (nSPS) is 18.6. The van der Waals surface area contributed by atoms with Crippen molar-refractivity contribution >= 4 is 5.78 Å². The lowest BCUT2D eigenvalue weighted by Gasteiger charge is -2.14. The SMILES string of the molecule is CCCc1cc(C2CC2)cc2c1OCC(=O)CO2. The summed E-state index contributed by atoms with van der Waals surface area (Å²) in [5.41, 5.74) is 2.53. The van der Waals surface area contributed by atoms with Gasteiger partial charge in [-0.3, -0.25) is 4.79 Å². The largest absolute Gasteiger partial charge is 0.482 e. The molecule has 1 heterocycles. The van der Waals surface area contributed by atoms with Gasteiger partial charge in [-0.1, -0.05) is 19.4 Å². The smallest absolute Gasteiger partial charge is 0.207 e. The van der Waals surface area contributed by atoms with Crippen LogP contribution >= 0.6 is 0 Å². The van der Waals surface area contributed by atoms with Gasteiger partial charge in [0.25, 0.3) is 0 Å². The van der Waals surface area contributed by atoms with E-state index in [-0.39, 0.29) is 19.0 Å². The third kappa shape index (κ3) is 2.22. The van der Waals surface area contributed by atoms with Crippen LogP contribution in [0.4, 0.5) is 0 Å². The number of hydrogen-bond donors (Lipinski definition) is 0. The summed E-state index contributed by atoms with van der Waals surface area (Å²) >= 11 is 0. The van der Waals surface area contributed by atoms with E-state index in [4.69, 9.17) is 9.47 Å². The average Bonchev–Trinajstić information content (AvgIpc) is 3.18. The molecule has 3 rings (SSSR count). The topological polar surface area (TPSA) is 35.5 Å². The first kappa shape index (κ1) is 11.6. The van der Waals surface area contributed by atoms with Crippen molar-refractivity contribution in [3.8, 4) is 11.5 Å². The molecular weight excluding hydrogens is 228 g/mol. The minimum atomic E-state index is 0.00150. The lowest BCUT2D eigenvalue weighted by atomic mass is 10.0. The number of carbonyl (C=O) groups excluding carboxylic acids is 1. The summed E-state index contributed by atoms with van der Waals surface area (Å²) in [6.07, 6.45) is 4.58. The Morgan fingerprint density at radius 3 is 2.72 bits per heavy atom. The standard InChI is InChI=1S/C15H18O3/c1-2-3-11-6-12(10-4-5-10)7-14-15(11)18-9-13(16)8-17-14/h6-7,10H,2-5,8-9H2,1H3. The molecular formula is C15H18O3. The molecule has 0 radical (unpaired) electrons. The van der Waals surface area contributed by atoms with Gasteiger partial charge < -0.3 is 9.47 Å². The molecule has 18 heavy (non-hydrogen) atoms. The van der Waals surface area contributed by atoms with Crippen molar-refractivity contribution in [1.82, 2.24) is 0 Å². The molecule has 0 spiro atoms. The first-order chi connectivity index (χ1) is 8.78. The van der Waals surface area contributed by atoms with Crippen LogP contribution in [0.2, 0.25) is 0 Å². The maximum atomic E-state index is 11.4. The molecule has 2 aliphatic rings. The summed E-state index contributed by atoms with van der Waals surface area (Å²) in [5.74, 6) is 2.23. The predicted octanol–water partition coefficient (Wildman–Crippen LogP) is 2.86. The number of ether oxygens (including phenoxy) is 2. The van der Waals surface area contributed by atoms with Crippen LogP contribution in [0.3, 0.4) is 0 Å². The highest BCUT2D eigenvalue weighted by Crippen LogP contribution is 2.45. The molecule has 3 nitrogen and oxygen atoms in total. The van der Waals surface area contributed by atoms with Gasteiger partial charge in [0.15, 0.2) is 24.7 Å². The zero-order chi connectivity index (χ0) is 12.5. The number of benzene rings is 1. The minimum absolute atomic E-state index is 0.00150. The van der Waals surface area contributed by atoms with Gasteiger partial charge in [0.05, 0.1) is 0 Å².